The van der Waals surface area contributed by atoms with E-state index in [1.807, 2.05) is 0 Å². The molecule has 14 heavy (non-hydrogen) atoms. The maximum absolute atomic E-state index is 12.8. The van der Waals surface area contributed by atoms with Gasteiger partial charge in [-0.1, -0.05) is 0 Å². The minimum atomic E-state index is -0.564. The maximum atomic E-state index is 12.8. The van der Waals surface area contributed by atoms with E-state index in [2.05, 4.69) is 4.98 Å². The van der Waals surface area contributed by atoms with E-state index in [0.29, 0.717) is 5.56 Å². The molecule has 0 atom stereocenters. The van der Waals surface area contributed by atoms with Crippen LogP contribution in [-0.4, -0.2) is 17.1 Å². The molecule has 3 nitrogen and oxygen atoms in total. The Morgan fingerprint density at radius 3 is 2.71 bits per heavy atom. The van der Waals surface area contributed by atoms with Crippen LogP contribution in [0.15, 0.2) is 12.3 Å². The van der Waals surface area contributed by atoms with Gasteiger partial charge in [0.25, 0.3) is 0 Å². The van der Waals surface area contributed by atoms with Crippen LogP contribution in [0.3, 0.4) is 0 Å². The van der Waals surface area contributed by atoms with Gasteiger partial charge in [-0.3, -0.25) is 0 Å². The minimum absolute atomic E-state index is 0.187. The number of carbonyl (C=O) groups is 1. The van der Waals surface area contributed by atoms with Crippen molar-refractivity contribution in [2.45, 2.75) is 26.9 Å². The fourth-order valence-electron chi connectivity index (χ4n) is 0.952. The second-order valence-electron chi connectivity index (χ2n) is 3.29. The van der Waals surface area contributed by atoms with Crippen molar-refractivity contribution in [3.8, 4) is 0 Å². The summed E-state index contributed by atoms with van der Waals surface area (Å²) < 4.78 is 17.7. The highest BCUT2D eigenvalue weighted by Crippen LogP contribution is 2.08. The first kappa shape index (κ1) is 10.6. The van der Waals surface area contributed by atoms with Crippen LogP contribution >= 0.6 is 0 Å². The van der Waals surface area contributed by atoms with Crippen LogP contribution in [0.2, 0.25) is 0 Å². The molecule has 1 aromatic rings. The molecule has 0 aromatic carbocycles. The summed E-state index contributed by atoms with van der Waals surface area (Å²) in [5.41, 5.74) is 0.612. The number of pyridine rings is 1. The average molecular weight is 197 g/mol. The second kappa shape index (κ2) is 4.17. The third kappa shape index (κ3) is 2.52. The number of ether oxygens (including phenoxy) is 1. The van der Waals surface area contributed by atoms with Gasteiger partial charge < -0.3 is 4.74 Å². The topological polar surface area (TPSA) is 39.2 Å². The predicted octanol–water partition coefficient (Wildman–Crippen LogP) is 2.09. The molecular weight excluding hydrogens is 185 g/mol. The fourth-order valence-corrected chi connectivity index (χ4v) is 0.952. The third-order valence-corrected chi connectivity index (χ3v) is 1.59. The Morgan fingerprint density at radius 2 is 2.21 bits per heavy atom. The standard InChI is InChI=1S/C10H12FNO2/c1-6(2)14-10(13)8-4-7(3)9(11)12-5-8/h4-6H,1-3H3. The lowest BCUT2D eigenvalue weighted by atomic mass is 10.2. The SMILES string of the molecule is Cc1cc(C(=O)OC(C)C)cnc1F. The summed E-state index contributed by atoms with van der Waals surface area (Å²) in [6.07, 6.45) is 0.986. The number of hydrogen-bond acceptors (Lipinski definition) is 3. The molecular formula is C10H12FNO2. The van der Waals surface area contributed by atoms with Crippen molar-refractivity contribution < 1.29 is 13.9 Å². The molecule has 0 saturated carbocycles. The Kier molecular flexibility index (Phi) is 3.17. The predicted molar refractivity (Wildman–Crippen MR) is 49.5 cm³/mol. The summed E-state index contributed by atoms with van der Waals surface area (Å²) in [4.78, 5) is 14.8. The van der Waals surface area contributed by atoms with Crippen molar-refractivity contribution in [2.75, 3.05) is 0 Å². The number of aromatic nitrogens is 1. The molecule has 0 unspecified atom stereocenters. The lowest BCUT2D eigenvalue weighted by Gasteiger charge is -2.07. The van der Waals surface area contributed by atoms with Crippen molar-refractivity contribution >= 4 is 5.97 Å². The number of halogens is 1. The van der Waals surface area contributed by atoms with E-state index in [1.54, 1.807) is 20.8 Å². The molecule has 0 amide bonds. The molecule has 0 radical (unpaired) electrons. The summed E-state index contributed by atoms with van der Waals surface area (Å²) in [6, 6.07) is 1.42. The number of nitrogens with zero attached hydrogens (tertiary/aromatic N) is 1. The monoisotopic (exact) mass is 197 g/mol. The number of aryl methyl sites for hydroxylation is 1. The number of carbonyl (C=O) groups excluding carboxylic acids is 1. The van der Waals surface area contributed by atoms with Crippen LogP contribution in [0, 0.1) is 12.9 Å². The molecule has 0 aliphatic heterocycles. The summed E-state index contributed by atoms with van der Waals surface area (Å²) in [5, 5.41) is 0. The number of hydrogen-bond donors (Lipinski definition) is 0. The minimum Gasteiger partial charge on any atom is -0.459 e. The summed E-state index contributed by atoms with van der Waals surface area (Å²) in [7, 11) is 0. The summed E-state index contributed by atoms with van der Waals surface area (Å²) in [5.74, 6) is -1.04. The van der Waals surface area contributed by atoms with Crippen molar-refractivity contribution in [1.29, 1.82) is 0 Å². The van der Waals surface area contributed by atoms with Crippen LogP contribution in [0.5, 0.6) is 0 Å². The molecule has 0 aliphatic rings. The van der Waals surface area contributed by atoms with Gasteiger partial charge in [0.1, 0.15) is 0 Å². The third-order valence-electron chi connectivity index (χ3n) is 1.59. The first-order valence-electron chi connectivity index (χ1n) is 4.34. The Bertz CT molecular complexity index is 350. The average Bonchev–Trinajstić information content (AvgIpc) is 2.08. The fraction of sp³-hybridized carbons (Fsp3) is 0.400. The zero-order valence-corrected chi connectivity index (χ0v) is 8.37. The molecule has 0 fully saturated rings. The molecule has 76 valence electrons. The highest BCUT2D eigenvalue weighted by atomic mass is 19.1. The number of rotatable bonds is 2. The van der Waals surface area contributed by atoms with Gasteiger partial charge in [0.15, 0.2) is 0 Å². The summed E-state index contributed by atoms with van der Waals surface area (Å²) >= 11 is 0. The smallest absolute Gasteiger partial charge is 0.339 e. The number of esters is 1. The first-order valence-corrected chi connectivity index (χ1v) is 4.34. The Labute approximate surface area is 81.9 Å². The Balaban J connectivity index is 2.86. The van der Waals surface area contributed by atoms with Gasteiger partial charge in [-0.2, -0.15) is 4.39 Å². The quantitative estimate of drug-likeness (QED) is 0.538. The highest BCUT2D eigenvalue weighted by Gasteiger charge is 2.11. The molecule has 0 N–H and O–H groups in total. The van der Waals surface area contributed by atoms with E-state index in [-0.39, 0.29) is 11.7 Å². The van der Waals surface area contributed by atoms with Gasteiger partial charge in [-0.25, -0.2) is 9.78 Å². The molecule has 1 aromatic heterocycles. The van der Waals surface area contributed by atoms with Gasteiger partial charge in [-0.05, 0) is 26.8 Å². The second-order valence-corrected chi connectivity index (χ2v) is 3.29. The van der Waals surface area contributed by atoms with Crippen LogP contribution in [0.4, 0.5) is 4.39 Å². The molecule has 1 rings (SSSR count). The Hall–Kier alpha value is -1.45. The van der Waals surface area contributed by atoms with E-state index < -0.39 is 11.9 Å². The maximum Gasteiger partial charge on any atom is 0.339 e. The van der Waals surface area contributed by atoms with Crippen molar-refractivity contribution in [3.05, 3.63) is 29.3 Å². The molecule has 0 bridgehead atoms. The van der Waals surface area contributed by atoms with Crippen LogP contribution in [0.25, 0.3) is 0 Å². The summed E-state index contributed by atoms with van der Waals surface area (Å²) in [6.45, 7) is 5.05. The van der Waals surface area contributed by atoms with Crippen LogP contribution < -0.4 is 0 Å². The zero-order chi connectivity index (χ0) is 10.7. The normalized spacial score (nSPS) is 10.4. The molecule has 4 heteroatoms. The van der Waals surface area contributed by atoms with Crippen LogP contribution in [0.1, 0.15) is 29.8 Å². The van der Waals surface area contributed by atoms with Crippen molar-refractivity contribution in [2.24, 2.45) is 0 Å². The molecule has 1 heterocycles. The largest absolute Gasteiger partial charge is 0.459 e. The van der Waals surface area contributed by atoms with E-state index in [9.17, 15) is 9.18 Å². The van der Waals surface area contributed by atoms with E-state index in [1.165, 1.54) is 12.3 Å². The van der Waals surface area contributed by atoms with E-state index >= 15 is 0 Å². The van der Waals surface area contributed by atoms with E-state index in [4.69, 9.17) is 4.74 Å². The van der Waals surface area contributed by atoms with E-state index in [0.717, 1.165) is 0 Å². The molecule has 0 saturated heterocycles. The van der Waals surface area contributed by atoms with Crippen molar-refractivity contribution in [1.82, 2.24) is 4.98 Å². The Morgan fingerprint density at radius 1 is 1.57 bits per heavy atom. The first-order chi connectivity index (χ1) is 6.50. The van der Waals surface area contributed by atoms with Gasteiger partial charge >= 0.3 is 5.97 Å². The highest BCUT2D eigenvalue weighted by molar-refractivity contribution is 5.89. The molecule has 0 aliphatic carbocycles. The van der Waals surface area contributed by atoms with Gasteiger partial charge in [0, 0.05) is 11.8 Å². The zero-order valence-electron chi connectivity index (χ0n) is 8.37. The van der Waals surface area contributed by atoms with Gasteiger partial charge in [0.2, 0.25) is 5.95 Å². The lowest BCUT2D eigenvalue weighted by molar-refractivity contribution is 0.0377. The van der Waals surface area contributed by atoms with Crippen LogP contribution in [-0.2, 0) is 4.74 Å². The lowest BCUT2D eigenvalue weighted by Crippen LogP contribution is -2.12. The van der Waals surface area contributed by atoms with Gasteiger partial charge in [0.05, 0.1) is 11.7 Å². The van der Waals surface area contributed by atoms with Gasteiger partial charge in [-0.15, -0.1) is 0 Å². The van der Waals surface area contributed by atoms with Crippen molar-refractivity contribution in [3.63, 3.8) is 0 Å². The molecule has 0 spiro atoms.